The Kier molecular flexibility index (Phi) is 9.22. The number of nitrogens with zero attached hydrogens (tertiary/aromatic N) is 2. The fourth-order valence-electron chi connectivity index (χ4n) is 6.50. The molecule has 0 N–H and O–H groups in total. The Labute approximate surface area is 272 Å². The van der Waals surface area contributed by atoms with Gasteiger partial charge in [0.15, 0.2) is 0 Å². The van der Waals surface area contributed by atoms with Gasteiger partial charge < -0.3 is 14.5 Å². The molecule has 49 heavy (non-hydrogen) atoms. The average molecular weight is 713 g/mol. The second kappa shape index (κ2) is 12.4. The quantitative estimate of drug-likeness (QED) is 0.229. The molecular formula is C33H28F12N2O2. The molecule has 16 heteroatoms. The summed E-state index contributed by atoms with van der Waals surface area (Å²) in [5.74, 6) is -0.219. The fourth-order valence-corrected chi connectivity index (χ4v) is 6.50. The van der Waals surface area contributed by atoms with Gasteiger partial charge in [-0.15, -0.1) is 0 Å². The number of alkyl halides is 12. The summed E-state index contributed by atoms with van der Waals surface area (Å²) in [6.07, 6.45) is -19.8. The molecule has 4 atom stereocenters. The Bertz CT molecular complexity index is 1620. The number of rotatable bonds is 7. The highest BCUT2D eigenvalue weighted by atomic mass is 19.4. The molecule has 4 unspecified atom stereocenters. The highest BCUT2D eigenvalue weighted by Crippen LogP contribution is 2.67. The second-order valence-corrected chi connectivity index (χ2v) is 12.4. The molecule has 2 fully saturated rings. The Morgan fingerprint density at radius 1 is 0.796 bits per heavy atom. The summed E-state index contributed by atoms with van der Waals surface area (Å²) in [6.45, 7) is 0.618. The lowest BCUT2D eigenvalue weighted by molar-refractivity contribution is -0.144. The first-order valence-corrected chi connectivity index (χ1v) is 14.8. The first-order valence-electron chi connectivity index (χ1n) is 14.8. The number of carbonyl (C=O) groups excluding carboxylic acids is 1. The first kappa shape index (κ1) is 36.3. The number of piperidine rings is 1. The van der Waals surface area contributed by atoms with Crippen LogP contribution in [0.4, 0.5) is 57.5 Å². The largest absolute Gasteiger partial charge is 0.416 e. The molecule has 3 aromatic carbocycles. The molecule has 2 amide bonds. The number of hydrogen-bond acceptors (Lipinski definition) is 2. The van der Waals surface area contributed by atoms with Gasteiger partial charge in [-0.05, 0) is 72.4 Å². The topological polar surface area (TPSA) is 32.8 Å². The van der Waals surface area contributed by atoms with Crippen LogP contribution in [0.1, 0.15) is 64.4 Å². The van der Waals surface area contributed by atoms with E-state index in [1.54, 1.807) is 30.3 Å². The molecule has 266 valence electrons. The van der Waals surface area contributed by atoms with E-state index in [0.29, 0.717) is 36.2 Å². The van der Waals surface area contributed by atoms with E-state index < -0.39 is 82.7 Å². The van der Waals surface area contributed by atoms with E-state index in [4.69, 9.17) is 4.74 Å². The van der Waals surface area contributed by atoms with E-state index >= 15 is 0 Å². The van der Waals surface area contributed by atoms with Gasteiger partial charge in [0.1, 0.15) is 0 Å². The van der Waals surface area contributed by atoms with Crippen LogP contribution in [0.3, 0.4) is 0 Å². The minimum absolute atomic E-state index is 0.00575. The molecule has 1 saturated heterocycles. The predicted molar refractivity (Wildman–Crippen MR) is 151 cm³/mol. The van der Waals surface area contributed by atoms with Gasteiger partial charge in [0.2, 0.25) is 0 Å². The zero-order valence-electron chi connectivity index (χ0n) is 25.7. The lowest BCUT2D eigenvalue weighted by Crippen LogP contribution is -2.44. The number of fused-ring (bicyclic) bond motifs is 1. The van der Waals surface area contributed by atoms with Crippen molar-refractivity contribution >= 4 is 6.03 Å². The fraction of sp³-hybridized carbons (Fsp3) is 0.424. The molecule has 0 radical (unpaired) electrons. The number of ether oxygens (including phenoxy) is 1. The van der Waals surface area contributed by atoms with Crippen molar-refractivity contribution in [1.82, 2.24) is 9.80 Å². The van der Waals surface area contributed by atoms with Gasteiger partial charge >= 0.3 is 30.7 Å². The third-order valence-corrected chi connectivity index (χ3v) is 9.18. The van der Waals surface area contributed by atoms with E-state index in [9.17, 15) is 57.5 Å². The summed E-state index contributed by atoms with van der Waals surface area (Å²) >= 11 is 0. The van der Waals surface area contributed by atoms with E-state index in [-0.39, 0.29) is 36.8 Å². The maximum Gasteiger partial charge on any atom is 0.416 e. The lowest BCUT2D eigenvalue weighted by Gasteiger charge is -2.37. The van der Waals surface area contributed by atoms with Crippen LogP contribution in [-0.2, 0) is 36.0 Å². The molecule has 0 spiro atoms. The van der Waals surface area contributed by atoms with Crippen molar-refractivity contribution in [2.24, 2.45) is 11.3 Å². The minimum Gasteiger partial charge on any atom is -0.376 e. The molecule has 4 nitrogen and oxygen atoms in total. The normalized spacial score (nSPS) is 21.8. The van der Waals surface area contributed by atoms with Gasteiger partial charge in [0.05, 0.1) is 47.6 Å². The lowest BCUT2D eigenvalue weighted by atomic mass is 9.90. The zero-order chi connectivity index (χ0) is 36.3. The maximum absolute atomic E-state index is 13.9. The van der Waals surface area contributed by atoms with Crippen LogP contribution >= 0.6 is 0 Å². The second-order valence-electron chi connectivity index (χ2n) is 12.4. The third-order valence-electron chi connectivity index (χ3n) is 9.18. The maximum atomic E-state index is 13.9. The van der Waals surface area contributed by atoms with E-state index in [0.717, 1.165) is 4.90 Å². The SMILES string of the molecule is CC(c1cc(C(F)(F)F)cc(C(F)(F)F)c1)N(C)C(=O)N1CC2CC2(COCc2cc(C(F)(F)F)cc(C(F)(F)F)c2)C1c1ccccc1. The van der Waals surface area contributed by atoms with Crippen LogP contribution in [0.25, 0.3) is 0 Å². The van der Waals surface area contributed by atoms with Gasteiger partial charge in [-0.25, -0.2) is 4.79 Å². The van der Waals surface area contributed by atoms with E-state index in [2.05, 4.69) is 0 Å². The van der Waals surface area contributed by atoms with Crippen LogP contribution in [0.5, 0.6) is 0 Å². The Hall–Kier alpha value is -3.95. The zero-order valence-corrected chi connectivity index (χ0v) is 25.7. The molecule has 2 aliphatic rings. The van der Waals surface area contributed by atoms with Crippen LogP contribution in [0, 0.1) is 11.3 Å². The van der Waals surface area contributed by atoms with Crippen LogP contribution in [0.2, 0.25) is 0 Å². The number of benzene rings is 3. The molecule has 1 heterocycles. The summed E-state index contributed by atoms with van der Waals surface area (Å²) in [5.41, 5.74) is -7.04. The highest BCUT2D eigenvalue weighted by molar-refractivity contribution is 5.76. The number of urea groups is 1. The van der Waals surface area contributed by atoms with Gasteiger partial charge in [-0.2, -0.15) is 52.7 Å². The van der Waals surface area contributed by atoms with Crippen molar-refractivity contribution in [3.63, 3.8) is 0 Å². The van der Waals surface area contributed by atoms with Crippen LogP contribution in [-0.4, -0.2) is 36.0 Å². The minimum atomic E-state index is -5.10. The monoisotopic (exact) mass is 712 g/mol. The van der Waals surface area contributed by atoms with Crippen molar-refractivity contribution in [1.29, 1.82) is 0 Å². The number of carbonyl (C=O) groups is 1. The molecule has 1 aliphatic carbocycles. The smallest absolute Gasteiger partial charge is 0.376 e. The summed E-state index contributed by atoms with van der Waals surface area (Å²) < 4.78 is 167. The van der Waals surface area contributed by atoms with Crippen molar-refractivity contribution in [3.8, 4) is 0 Å². The Balaban J connectivity index is 1.40. The van der Waals surface area contributed by atoms with E-state index in [1.165, 1.54) is 18.9 Å². The number of amides is 2. The number of hydrogen-bond donors (Lipinski definition) is 0. The van der Waals surface area contributed by atoms with Crippen LogP contribution in [0.15, 0.2) is 66.7 Å². The van der Waals surface area contributed by atoms with Crippen LogP contribution < -0.4 is 0 Å². The summed E-state index contributed by atoms with van der Waals surface area (Å²) in [5, 5.41) is 0. The molecule has 1 aliphatic heterocycles. The van der Waals surface area contributed by atoms with Crippen molar-refractivity contribution < 1.29 is 62.2 Å². The third kappa shape index (κ3) is 7.48. The Morgan fingerprint density at radius 2 is 1.27 bits per heavy atom. The Morgan fingerprint density at radius 3 is 1.73 bits per heavy atom. The molecule has 1 saturated carbocycles. The summed E-state index contributed by atoms with van der Waals surface area (Å²) in [4.78, 5) is 16.4. The summed E-state index contributed by atoms with van der Waals surface area (Å²) in [6, 6.07) is 7.96. The standard InChI is InChI=1S/C33H28F12N2O2/c1-18(21-10-24(32(40,41)42)13-25(11-21)33(43,44)45)46(2)28(48)47-15-26-14-29(26,27(47)20-6-4-3-5-7-20)17-49-16-19-8-22(30(34,35)36)12-23(9-19)31(37,38)39/h3-13,18,26-27H,14-17H2,1-2H3. The number of halogens is 12. The average Bonchev–Trinajstić information content (AvgIpc) is 3.60. The number of likely N-dealkylation sites (tertiary alicyclic amines) is 1. The first-order chi connectivity index (χ1) is 22.5. The predicted octanol–water partition coefficient (Wildman–Crippen LogP) is 10.2. The van der Waals surface area contributed by atoms with Gasteiger partial charge in [-0.3, -0.25) is 0 Å². The van der Waals surface area contributed by atoms with Crippen molar-refractivity contribution in [3.05, 3.63) is 106 Å². The highest BCUT2D eigenvalue weighted by Gasteiger charge is 2.67. The molecule has 3 aromatic rings. The van der Waals surface area contributed by atoms with Gasteiger partial charge in [-0.1, -0.05) is 30.3 Å². The van der Waals surface area contributed by atoms with E-state index in [1.807, 2.05) is 0 Å². The molecular weight excluding hydrogens is 684 g/mol. The van der Waals surface area contributed by atoms with Crippen molar-refractivity contribution in [2.45, 2.75) is 56.7 Å². The molecule has 5 rings (SSSR count). The van der Waals surface area contributed by atoms with Gasteiger partial charge in [0.25, 0.3) is 0 Å². The molecule has 0 aromatic heterocycles. The summed E-state index contributed by atoms with van der Waals surface area (Å²) in [7, 11) is 1.24. The van der Waals surface area contributed by atoms with Crippen molar-refractivity contribution in [2.75, 3.05) is 20.2 Å². The molecule has 0 bridgehead atoms. The van der Waals surface area contributed by atoms with Gasteiger partial charge in [0, 0.05) is 19.0 Å².